The van der Waals surface area contributed by atoms with Gasteiger partial charge in [0, 0.05) is 11.7 Å². The molecule has 0 spiro atoms. The van der Waals surface area contributed by atoms with Crippen LogP contribution in [0.4, 0.5) is 5.69 Å². The van der Waals surface area contributed by atoms with E-state index in [1.807, 2.05) is 0 Å². The third-order valence-corrected chi connectivity index (χ3v) is 4.89. The summed E-state index contributed by atoms with van der Waals surface area (Å²) in [4.78, 5) is 12.1. The number of halogens is 2. The van der Waals surface area contributed by atoms with E-state index in [1.54, 1.807) is 25.1 Å². The molecule has 1 fully saturated rings. The van der Waals surface area contributed by atoms with E-state index in [2.05, 4.69) is 21.5 Å². The average Bonchev–Trinajstić information content (AvgIpc) is 2.57. The fraction of sp³-hybridized carbons (Fsp3) is 0.500. The first-order chi connectivity index (χ1) is 11.5. The van der Waals surface area contributed by atoms with Gasteiger partial charge in [0.05, 0.1) is 10.0 Å². The van der Waals surface area contributed by atoms with E-state index in [0.717, 1.165) is 18.5 Å². The number of benzene rings is 1. The zero-order valence-corrected chi connectivity index (χ0v) is 15.8. The Kier molecular flexibility index (Phi) is 7.40. The third kappa shape index (κ3) is 6.00. The molecule has 1 saturated carbocycles. The fourth-order valence-electron chi connectivity index (χ4n) is 2.60. The second-order valence-electron chi connectivity index (χ2n) is 5.92. The molecule has 0 saturated heterocycles. The van der Waals surface area contributed by atoms with Crippen molar-refractivity contribution in [3.05, 3.63) is 28.2 Å². The number of carbonyl (C=O) groups excluding carboxylic acids is 1. The summed E-state index contributed by atoms with van der Waals surface area (Å²) in [7, 11) is 0. The van der Waals surface area contributed by atoms with Crippen LogP contribution in [0.15, 0.2) is 18.2 Å². The predicted octanol–water partition coefficient (Wildman–Crippen LogP) is 3.62. The second-order valence-corrected chi connectivity index (χ2v) is 7.14. The van der Waals surface area contributed by atoms with Crippen molar-refractivity contribution in [1.29, 1.82) is 0 Å². The Hall–Kier alpha value is -1.24. The average molecular weight is 389 g/mol. The summed E-state index contributed by atoms with van der Waals surface area (Å²) in [6.07, 6.45) is 5.96. The summed E-state index contributed by atoms with van der Waals surface area (Å²) in [6.45, 7) is 1.75. The van der Waals surface area contributed by atoms with Gasteiger partial charge in [-0.05, 0) is 50.2 Å². The van der Waals surface area contributed by atoms with Crippen LogP contribution in [0.1, 0.15) is 39.0 Å². The van der Waals surface area contributed by atoms with E-state index in [0.29, 0.717) is 21.2 Å². The number of hydrazine groups is 1. The number of rotatable bonds is 4. The maximum atomic E-state index is 12.1. The summed E-state index contributed by atoms with van der Waals surface area (Å²) in [5.74, 6) is -0.228. The molecule has 1 amide bonds. The molecule has 132 valence electrons. The lowest BCUT2D eigenvalue weighted by atomic mass is 9.96. The first-order valence-corrected chi connectivity index (χ1v) is 9.20. The van der Waals surface area contributed by atoms with Crippen LogP contribution in [0, 0.1) is 0 Å². The van der Waals surface area contributed by atoms with Gasteiger partial charge < -0.3 is 10.6 Å². The number of amides is 1. The quantitative estimate of drug-likeness (QED) is 0.468. The van der Waals surface area contributed by atoms with Crippen LogP contribution in [0.5, 0.6) is 0 Å². The summed E-state index contributed by atoms with van der Waals surface area (Å²) in [6, 6.07) is 5.05. The lowest BCUT2D eigenvalue weighted by molar-refractivity contribution is -0.122. The van der Waals surface area contributed by atoms with Crippen molar-refractivity contribution >= 4 is 52.1 Å². The molecule has 5 nitrogen and oxygen atoms in total. The summed E-state index contributed by atoms with van der Waals surface area (Å²) in [5, 5.41) is 7.64. The van der Waals surface area contributed by atoms with Crippen molar-refractivity contribution in [3.8, 4) is 0 Å². The first-order valence-electron chi connectivity index (χ1n) is 8.03. The predicted molar refractivity (Wildman–Crippen MR) is 103 cm³/mol. The molecule has 24 heavy (non-hydrogen) atoms. The number of hydrogen-bond acceptors (Lipinski definition) is 3. The second kappa shape index (κ2) is 9.30. The molecule has 1 atom stereocenters. The van der Waals surface area contributed by atoms with E-state index in [-0.39, 0.29) is 5.91 Å². The molecule has 0 aliphatic heterocycles. The largest absolute Gasteiger partial charge is 0.374 e. The van der Waals surface area contributed by atoms with Crippen molar-refractivity contribution in [2.24, 2.45) is 0 Å². The fourth-order valence-corrected chi connectivity index (χ4v) is 3.11. The monoisotopic (exact) mass is 388 g/mol. The molecule has 8 heteroatoms. The summed E-state index contributed by atoms with van der Waals surface area (Å²) < 4.78 is 0. The Morgan fingerprint density at radius 2 is 1.88 bits per heavy atom. The smallest absolute Gasteiger partial charge is 0.260 e. The SMILES string of the molecule is C[C@H](Nc1ccc(Cl)c(Cl)c1)C(=O)NNC(=S)NC1CCCCC1. The van der Waals surface area contributed by atoms with Crippen LogP contribution in [0.25, 0.3) is 0 Å². The minimum absolute atomic E-state index is 0.228. The van der Waals surface area contributed by atoms with Crippen LogP contribution >= 0.6 is 35.4 Å². The van der Waals surface area contributed by atoms with Crippen LogP contribution in [0.3, 0.4) is 0 Å². The van der Waals surface area contributed by atoms with Gasteiger partial charge in [-0.15, -0.1) is 0 Å². The molecule has 0 bridgehead atoms. The zero-order chi connectivity index (χ0) is 17.5. The van der Waals surface area contributed by atoms with Crippen LogP contribution < -0.4 is 21.5 Å². The van der Waals surface area contributed by atoms with Crippen LogP contribution in [-0.2, 0) is 4.79 Å². The number of anilines is 1. The Bertz CT molecular complexity index is 593. The van der Waals surface area contributed by atoms with Crippen molar-refractivity contribution in [2.45, 2.75) is 51.1 Å². The van der Waals surface area contributed by atoms with Crippen molar-refractivity contribution < 1.29 is 4.79 Å². The molecule has 0 unspecified atom stereocenters. The molecule has 2 rings (SSSR count). The summed E-state index contributed by atoms with van der Waals surface area (Å²) in [5.41, 5.74) is 6.07. The van der Waals surface area contributed by atoms with Gasteiger partial charge in [-0.3, -0.25) is 15.6 Å². The molecular formula is C16H22Cl2N4OS. The van der Waals surface area contributed by atoms with Crippen molar-refractivity contribution in [3.63, 3.8) is 0 Å². The van der Waals surface area contributed by atoms with E-state index in [1.165, 1.54) is 19.3 Å². The van der Waals surface area contributed by atoms with Crippen molar-refractivity contribution in [2.75, 3.05) is 5.32 Å². The first kappa shape index (κ1) is 19.1. The van der Waals surface area contributed by atoms with Crippen molar-refractivity contribution in [1.82, 2.24) is 16.2 Å². The van der Waals surface area contributed by atoms with Gasteiger partial charge in [0.15, 0.2) is 5.11 Å². The minimum atomic E-state index is -0.466. The maximum absolute atomic E-state index is 12.1. The number of nitrogens with one attached hydrogen (secondary N) is 4. The van der Waals surface area contributed by atoms with Gasteiger partial charge in [-0.2, -0.15) is 0 Å². The molecule has 1 aliphatic rings. The van der Waals surface area contributed by atoms with Gasteiger partial charge in [-0.25, -0.2) is 0 Å². The Labute approximate surface area is 157 Å². The topological polar surface area (TPSA) is 65.2 Å². The maximum Gasteiger partial charge on any atom is 0.260 e. The van der Waals surface area contributed by atoms with E-state index < -0.39 is 6.04 Å². The molecule has 0 heterocycles. The molecule has 1 aliphatic carbocycles. The lowest BCUT2D eigenvalue weighted by Crippen LogP contribution is -2.52. The lowest BCUT2D eigenvalue weighted by Gasteiger charge is -2.24. The highest BCUT2D eigenvalue weighted by Gasteiger charge is 2.16. The van der Waals surface area contributed by atoms with Gasteiger partial charge in [0.2, 0.25) is 0 Å². The Balaban J connectivity index is 1.74. The highest BCUT2D eigenvalue weighted by atomic mass is 35.5. The zero-order valence-electron chi connectivity index (χ0n) is 13.5. The minimum Gasteiger partial charge on any atom is -0.374 e. The van der Waals surface area contributed by atoms with Gasteiger partial charge in [0.25, 0.3) is 5.91 Å². The van der Waals surface area contributed by atoms with E-state index in [9.17, 15) is 4.79 Å². The third-order valence-electron chi connectivity index (χ3n) is 3.94. The Morgan fingerprint density at radius 3 is 2.54 bits per heavy atom. The molecule has 0 aromatic heterocycles. The number of carbonyl (C=O) groups is 1. The molecule has 1 aromatic carbocycles. The van der Waals surface area contributed by atoms with E-state index >= 15 is 0 Å². The van der Waals surface area contributed by atoms with Gasteiger partial charge >= 0.3 is 0 Å². The highest BCUT2D eigenvalue weighted by Crippen LogP contribution is 2.25. The van der Waals surface area contributed by atoms with Crippen LogP contribution in [0.2, 0.25) is 10.0 Å². The molecule has 4 N–H and O–H groups in total. The summed E-state index contributed by atoms with van der Waals surface area (Å²) >= 11 is 17.0. The van der Waals surface area contributed by atoms with Crippen LogP contribution in [-0.4, -0.2) is 23.1 Å². The highest BCUT2D eigenvalue weighted by molar-refractivity contribution is 7.80. The van der Waals surface area contributed by atoms with E-state index in [4.69, 9.17) is 35.4 Å². The standard InChI is InChI=1S/C16H22Cl2N4OS/c1-10(19-12-7-8-13(17)14(18)9-12)15(23)21-22-16(24)20-11-5-3-2-4-6-11/h7-11,19H,2-6H2,1H3,(H,21,23)(H2,20,22,24)/t10-/m0/s1. The molecule has 0 radical (unpaired) electrons. The van der Waals surface area contributed by atoms with Gasteiger partial charge in [0.1, 0.15) is 6.04 Å². The normalized spacial score (nSPS) is 16.1. The Morgan fingerprint density at radius 1 is 1.17 bits per heavy atom. The molecular weight excluding hydrogens is 367 g/mol. The molecule has 1 aromatic rings. The van der Waals surface area contributed by atoms with Gasteiger partial charge in [-0.1, -0.05) is 42.5 Å². The number of thiocarbonyl (C=S) groups is 1. The number of hydrogen-bond donors (Lipinski definition) is 4.